The van der Waals surface area contributed by atoms with Crippen molar-refractivity contribution in [1.82, 2.24) is 14.8 Å². The van der Waals surface area contributed by atoms with Crippen molar-refractivity contribution >= 4 is 35.3 Å². The molecule has 3 aromatic rings. The summed E-state index contributed by atoms with van der Waals surface area (Å²) in [5.74, 6) is -1.69. The van der Waals surface area contributed by atoms with Crippen molar-refractivity contribution < 1.29 is 26.7 Å². The monoisotopic (exact) mass is 609 g/mol. The van der Waals surface area contributed by atoms with E-state index in [9.17, 15) is 17.6 Å². The SMILES string of the molecule is C[Si](C)(C)CCOCn1ncnc1C(=O)C[C@H]1CC[C@@](c2cc(F)ccc2F)(S(=O)(=O)c2ccc(Cl)cc2)CC1. The molecule has 1 saturated carbocycles. The van der Waals surface area contributed by atoms with Crippen LogP contribution < -0.4 is 0 Å². The minimum absolute atomic E-state index is 0.0164. The molecular formula is C28H34ClF2N3O4SSi. The highest BCUT2D eigenvalue weighted by atomic mass is 35.5. The van der Waals surface area contributed by atoms with Gasteiger partial charge in [0.1, 0.15) is 29.4 Å². The van der Waals surface area contributed by atoms with Crippen LogP contribution in [0.15, 0.2) is 53.7 Å². The number of carbonyl (C=O) groups excluding carboxylic acids is 1. The van der Waals surface area contributed by atoms with Crippen LogP contribution in [0.2, 0.25) is 30.7 Å². The maximum absolute atomic E-state index is 15.1. The summed E-state index contributed by atoms with van der Waals surface area (Å²) in [7, 11) is -5.40. The first-order chi connectivity index (χ1) is 18.8. The van der Waals surface area contributed by atoms with E-state index in [4.69, 9.17) is 16.3 Å². The van der Waals surface area contributed by atoms with Crippen LogP contribution in [0.1, 0.15) is 48.3 Å². The topological polar surface area (TPSA) is 91.2 Å². The molecule has 40 heavy (non-hydrogen) atoms. The number of carbonyl (C=O) groups is 1. The number of halogens is 3. The molecule has 1 fully saturated rings. The first kappa shape index (κ1) is 30.5. The Kier molecular flexibility index (Phi) is 9.28. The van der Waals surface area contributed by atoms with Crippen molar-refractivity contribution in [3.8, 4) is 0 Å². The number of hydrogen-bond acceptors (Lipinski definition) is 6. The molecule has 0 radical (unpaired) electrons. The Morgan fingerprint density at radius 1 is 1.12 bits per heavy atom. The standard InChI is InChI=1S/C28H34ClF2N3O4SSi/c1-40(2,3)15-14-38-19-34-27(32-18-33-34)26(35)16-20-10-12-28(13-11-20,24-17-22(30)6-9-25(24)31)39(36,37)23-7-4-21(29)5-8-23/h4-9,17-18,20H,10-16,19H2,1-3H3/t20-,28+. The lowest BCUT2D eigenvalue weighted by molar-refractivity contribution is 0.0713. The maximum atomic E-state index is 15.1. The third kappa shape index (κ3) is 6.70. The van der Waals surface area contributed by atoms with E-state index >= 15 is 4.39 Å². The van der Waals surface area contributed by atoms with Gasteiger partial charge < -0.3 is 4.74 Å². The van der Waals surface area contributed by atoms with Gasteiger partial charge in [0.25, 0.3) is 0 Å². The summed E-state index contributed by atoms with van der Waals surface area (Å²) in [6.07, 6.45) is 2.17. The minimum atomic E-state index is -4.15. The molecular weight excluding hydrogens is 576 g/mol. The van der Waals surface area contributed by atoms with Gasteiger partial charge in [-0.05, 0) is 80.1 Å². The van der Waals surface area contributed by atoms with Crippen LogP contribution in [-0.2, 0) is 26.1 Å². The van der Waals surface area contributed by atoms with E-state index in [1.165, 1.54) is 35.3 Å². The number of ketones is 1. The van der Waals surface area contributed by atoms with E-state index in [2.05, 4.69) is 29.7 Å². The zero-order valence-electron chi connectivity index (χ0n) is 22.9. The van der Waals surface area contributed by atoms with Gasteiger partial charge in [0.05, 0.1) is 4.90 Å². The van der Waals surface area contributed by atoms with Crippen LogP contribution in [0.3, 0.4) is 0 Å². The number of rotatable bonds is 11. The molecule has 216 valence electrons. The molecule has 0 saturated heterocycles. The molecule has 1 heterocycles. The first-order valence-corrected chi connectivity index (χ1v) is 18.8. The minimum Gasteiger partial charge on any atom is -0.359 e. The summed E-state index contributed by atoms with van der Waals surface area (Å²) in [6.45, 7) is 7.46. The second-order valence-corrected chi connectivity index (χ2v) is 19.9. The third-order valence-corrected chi connectivity index (χ3v) is 12.0. The van der Waals surface area contributed by atoms with Gasteiger partial charge in [0.2, 0.25) is 0 Å². The van der Waals surface area contributed by atoms with Crippen LogP contribution in [0.5, 0.6) is 0 Å². The summed E-state index contributed by atoms with van der Waals surface area (Å²) in [6, 6.07) is 9.56. The lowest BCUT2D eigenvalue weighted by atomic mass is 9.76. The first-order valence-electron chi connectivity index (χ1n) is 13.3. The summed E-state index contributed by atoms with van der Waals surface area (Å²) >= 11 is 5.97. The number of nitrogens with zero attached hydrogens (tertiary/aromatic N) is 3. The molecule has 1 aromatic heterocycles. The lowest BCUT2D eigenvalue weighted by Gasteiger charge is -2.40. The smallest absolute Gasteiger partial charge is 0.200 e. The lowest BCUT2D eigenvalue weighted by Crippen LogP contribution is -2.41. The van der Waals surface area contributed by atoms with Crippen molar-refractivity contribution in [3.63, 3.8) is 0 Å². The zero-order valence-corrected chi connectivity index (χ0v) is 25.4. The van der Waals surface area contributed by atoms with Gasteiger partial charge in [-0.15, -0.1) is 0 Å². The van der Waals surface area contributed by atoms with E-state index in [0.717, 1.165) is 24.2 Å². The summed E-state index contributed by atoms with van der Waals surface area (Å²) in [4.78, 5) is 17.3. The molecule has 4 rings (SSSR count). The van der Waals surface area contributed by atoms with Crippen LogP contribution >= 0.6 is 11.6 Å². The van der Waals surface area contributed by atoms with Crippen LogP contribution in [-0.4, -0.2) is 43.6 Å². The Morgan fingerprint density at radius 2 is 1.80 bits per heavy atom. The normalized spacial score (nSPS) is 20.0. The van der Waals surface area contributed by atoms with Crippen LogP contribution in [0.25, 0.3) is 0 Å². The fourth-order valence-electron chi connectivity index (χ4n) is 5.17. The van der Waals surface area contributed by atoms with Gasteiger partial charge in [-0.25, -0.2) is 26.9 Å². The predicted molar refractivity (Wildman–Crippen MR) is 152 cm³/mol. The van der Waals surface area contributed by atoms with E-state index in [0.29, 0.717) is 24.5 Å². The van der Waals surface area contributed by atoms with Gasteiger partial charge in [-0.2, -0.15) is 5.10 Å². The summed E-state index contributed by atoms with van der Waals surface area (Å²) in [5, 5.41) is 4.48. The average molecular weight is 610 g/mol. The van der Waals surface area contributed by atoms with Gasteiger partial charge in [-0.1, -0.05) is 31.2 Å². The Bertz CT molecular complexity index is 1450. The van der Waals surface area contributed by atoms with E-state index in [1.807, 2.05) is 0 Å². The second kappa shape index (κ2) is 12.2. The largest absolute Gasteiger partial charge is 0.359 e. The van der Waals surface area contributed by atoms with E-state index < -0.39 is 34.3 Å². The summed E-state index contributed by atoms with van der Waals surface area (Å²) < 4.78 is 62.9. The van der Waals surface area contributed by atoms with Gasteiger partial charge in [0.15, 0.2) is 21.4 Å². The fraction of sp³-hybridized carbons (Fsp3) is 0.464. The Morgan fingerprint density at radius 3 is 2.45 bits per heavy atom. The highest BCUT2D eigenvalue weighted by molar-refractivity contribution is 7.92. The highest BCUT2D eigenvalue weighted by Crippen LogP contribution is 2.50. The predicted octanol–water partition coefficient (Wildman–Crippen LogP) is 6.65. The van der Waals surface area contributed by atoms with Crippen LogP contribution in [0, 0.1) is 17.6 Å². The Balaban J connectivity index is 1.52. The molecule has 0 unspecified atom stereocenters. The molecule has 0 aliphatic heterocycles. The highest BCUT2D eigenvalue weighted by Gasteiger charge is 2.50. The van der Waals surface area contributed by atoms with Crippen molar-refractivity contribution in [2.75, 3.05) is 6.61 Å². The van der Waals surface area contributed by atoms with Gasteiger partial charge in [-0.3, -0.25) is 4.79 Å². The van der Waals surface area contributed by atoms with Crippen molar-refractivity contribution in [2.45, 2.75) is 74.2 Å². The Labute approximate surface area is 239 Å². The molecule has 1 aliphatic carbocycles. The second-order valence-electron chi connectivity index (χ2n) is 11.6. The molecule has 12 heteroatoms. The zero-order chi connectivity index (χ0) is 29.1. The number of Topliss-reactive ketones (excluding diaryl/α,β-unsaturated/α-hetero) is 1. The summed E-state index contributed by atoms with van der Waals surface area (Å²) in [5.41, 5.74) is -0.192. The average Bonchev–Trinajstić information content (AvgIpc) is 3.37. The molecule has 7 nitrogen and oxygen atoms in total. The number of aromatic nitrogens is 3. The molecule has 1 aliphatic rings. The van der Waals surface area contributed by atoms with E-state index in [1.54, 1.807) is 0 Å². The molecule has 0 amide bonds. The number of benzene rings is 2. The van der Waals surface area contributed by atoms with Crippen molar-refractivity contribution in [1.29, 1.82) is 0 Å². The fourth-order valence-corrected chi connectivity index (χ4v) is 8.22. The Hall–Kier alpha value is -2.47. The quantitative estimate of drug-likeness (QED) is 0.137. The molecule has 0 spiro atoms. The number of ether oxygens (including phenoxy) is 1. The third-order valence-electron chi connectivity index (χ3n) is 7.52. The van der Waals surface area contributed by atoms with E-state index in [-0.39, 0.29) is 54.0 Å². The molecule has 0 atom stereocenters. The number of hydrogen-bond donors (Lipinski definition) is 0. The van der Waals surface area contributed by atoms with Crippen molar-refractivity contribution in [3.05, 3.63) is 76.8 Å². The van der Waals surface area contributed by atoms with Crippen molar-refractivity contribution in [2.24, 2.45) is 5.92 Å². The molecule has 0 bridgehead atoms. The van der Waals surface area contributed by atoms with Gasteiger partial charge in [0, 0.05) is 31.7 Å². The maximum Gasteiger partial charge on any atom is 0.200 e. The molecule has 0 N–H and O–H groups in total. The van der Waals surface area contributed by atoms with Gasteiger partial charge >= 0.3 is 0 Å². The number of sulfone groups is 1. The van der Waals surface area contributed by atoms with Crippen LogP contribution in [0.4, 0.5) is 8.78 Å². The molecule has 2 aromatic carbocycles.